The Labute approximate surface area is 174 Å². The number of thiophene rings is 1. The summed E-state index contributed by atoms with van der Waals surface area (Å²) in [5.74, 6) is -1.98. The zero-order chi connectivity index (χ0) is 20.1. The molecule has 3 aromatic rings. The molecule has 2 N–H and O–H groups in total. The molecule has 2 heterocycles. The van der Waals surface area contributed by atoms with E-state index in [1.165, 1.54) is 6.07 Å². The molecule has 10 heteroatoms. The van der Waals surface area contributed by atoms with Crippen LogP contribution in [-0.2, 0) is 14.8 Å². The molecule has 146 valence electrons. The number of nitrogens with one attached hydrogen (secondary N) is 1. The van der Waals surface area contributed by atoms with Crippen molar-refractivity contribution in [1.29, 1.82) is 0 Å². The second-order valence-corrected chi connectivity index (χ2v) is 10.5. The highest BCUT2D eigenvalue weighted by atomic mass is 79.9. The average molecular weight is 482 g/mol. The number of hydrogen-bond donors (Lipinski definition) is 2. The van der Waals surface area contributed by atoms with E-state index < -0.39 is 27.4 Å². The van der Waals surface area contributed by atoms with Gasteiger partial charge < -0.3 is 5.11 Å². The lowest BCUT2D eigenvalue weighted by Crippen LogP contribution is -2.45. The molecule has 7 nitrogen and oxygen atoms in total. The van der Waals surface area contributed by atoms with Crippen molar-refractivity contribution in [1.82, 2.24) is 14.5 Å². The van der Waals surface area contributed by atoms with E-state index in [0.717, 1.165) is 21.4 Å². The molecule has 1 fully saturated rings. The lowest BCUT2D eigenvalue weighted by molar-refractivity contribution is -0.140. The van der Waals surface area contributed by atoms with E-state index >= 15 is 0 Å². The Morgan fingerprint density at radius 2 is 2.00 bits per heavy atom. The molecule has 1 aliphatic rings. The van der Waals surface area contributed by atoms with Crippen molar-refractivity contribution in [3.63, 3.8) is 0 Å². The van der Waals surface area contributed by atoms with Crippen LogP contribution in [0.1, 0.15) is 18.4 Å². The lowest BCUT2D eigenvalue weighted by atomic mass is 10.1. The molecule has 28 heavy (non-hydrogen) atoms. The molecule has 3 atom stereocenters. The number of aliphatic carboxylic acids is 1. The topological polar surface area (TPSA) is 101 Å². The summed E-state index contributed by atoms with van der Waals surface area (Å²) in [7, 11) is -4.02. The Bertz CT molecular complexity index is 1140. The van der Waals surface area contributed by atoms with E-state index in [1.807, 2.05) is 30.3 Å². The molecule has 1 aromatic carbocycles. The van der Waals surface area contributed by atoms with Crippen LogP contribution >= 0.6 is 27.3 Å². The number of aromatic nitrogens is 2. The molecule has 4 rings (SSSR count). The van der Waals surface area contributed by atoms with Gasteiger partial charge in [0, 0.05) is 12.1 Å². The van der Waals surface area contributed by atoms with Gasteiger partial charge in [0.15, 0.2) is 0 Å². The second kappa shape index (κ2) is 6.80. The predicted octanol–water partition coefficient (Wildman–Crippen LogP) is 3.23. The third-order valence-corrected chi connectivity index (χ3v) is 8.48. The quantitative estimate of drug-likeness (QED) is 0.562. The number of carbonyl (C=O) groups is 1. The van der Waals surface area contributed by atoms with Crippen molar-refractivity contribution in [2.75, 3.05) is 0 Å². The highest BCUT2D eigenvalue weighted by Crippen LogP contribution is 2.58. The molecular formula is C18H16BrN3O4S2. The zero-order valence-electron chi connectivity index (χ0n) is 14.6. The van der Waals surface area contributed by atoms with E-state index in [1.54, 1.807) is 30.1 Å². The fraction of sp³-hybridized carbons (Fsp3) is 0.222. The van der Waals surface area contributed by atoms with Gasteiger partial charge in [0.05, 0.1) is 10.7 Å². The number of rotatable bonds is 6. The van der Waals surface area contributed by atoms with Crippen molar-refractivity contribution < 1.29 is 18.3 Å². The minimum atomic E-state index is -4.02. The number of benzene rings is 1. The molecule has 0 amide bonds. The first-order valence-corrected chi connectivity index (χ1v) is 11.5. The highest BCUT2D eigenvalue weighted by molar-refractivity contribution is 9.10. The van der Waals surface area contributed by atoms with Gasteiger partial charge in [-0.05, 0) is 39.5 Å². The Kier molecular flexibility index (Phi) is 4.69. The molecule has 0 radical (unpaired) electrons. The van der Waals surface area contributed by atoms with E-state index in [2.05, 4.69) is 25.8 Å². The first-order chi connectivity index (χ1) is 13.3. The summed E-state index contributed by atoms with van der Waals surface area (Å²) in [5, 5.41) is 14.6. The molecular weight excluding hydrogens is 466 g/mol. The van der Waals surface area contributed by atoms with Crippen LogP contribution in [0, 0.1) is 5.92 Å². The number of carboxylic acid groups (broad SMARTS) is 1. The number of halogens is 1. The summed E-state index contributed by atoms with van der Waals surface area (Å²) >= 11 is 4.32. The van der Waals surface area contributed by atoms with Gasteiger partial charge in [-0.3, -0.25) is 4.79 Å². The predicted molar refractivity (Wildman–Crippen MR) is 108 cm³/mol. The summed E-state index contributed by atoms with van der Waals surface area (Å²) in [6.45, 7) is 1.75. The van der Waals surface area contributed by atoms with Crippen LogP contribution in [0.15, 0.2) is 63.5 Å². The van der Waals surface area contributed by atoms with Gasteiger partial charge in [0.25, 0.3) is 10.0 Å². The smallest absolute Gasteiger partial charge is 0.325 e. The van der Waals surface area contributed by atoms with Gasteiger partial charge in [-0.1, -0.05) is 37.3 Å². The Hall–Kier alpha value is -2.01. The molecule has 1 saturated carbocycles. The van der Waals surface area contributed by atoms with Crippen LogP contribution < -0.4 is 4.72 Å². The standard InChI is InChI=1S/C18H16BrN3O4S2/c1-11-16(12-5-3-2-4-6-12)18(11,17(23)24)21-28(25,26)15-8-7-14(27-15)22-10-13(19)9-20-22/h2-11,16,21H,1H3,(H,23,24)/t11?,16-,18+/m1/s1. The van der Waals surface area contributed by atoms with E-state index in [-0.39, 0.29) is 10.1 Å². The van der Waals surface area contributed by atoms with Gasteiger partial charge in [-0.2, -0.15) is 9.82 Å². The maximum Gasteiger partial charge on any atom is 0.325 e. The van der Waals surface area contributed by atoms with Crippen molar-refractivity contribution in [2.45, 2.75) is 22.6 Å². The van der Waals surface area contributed by atoms with Crippen LogP contribution in [-0.4, -0.2) is 34.8 Å². The highest BCUT2D eigenvalue weighted by Gasteiger charge is 2.70. The molecule has 0 spiro atoms. The summed E-state index contributed by atoms with van der Waals surface area (Å²) in [6.07, 6.45) is 3.31. The van der Waals surface area contributed by atoms with Gasteiger partial charge in [0.2, 0.25) is 0 Å². The van der Waals surface area contributed by atoms with Crippen LogP contribution in [0.3, 0.4) is 0 Å². The second-order valence-electron chi connectivity index (χ2n) is 6.65. The Morgan fingerprint density at radius 3 is 2.61 bits per heavy atom. The zero-order valence-corrected chi connectivity index (χ0v) is 17.8. The fourth-order valence-electron chi connectivity index (χ4n) is 3.57. The maximum atomic E-state index is 13.0. The summed E-state index contributed by atoms with van der Waals surface area (Å²) in [5.41, 5.74) is -0.757. The average Bonchev–Trinajstić information content (AvgIpc) is 3.06. The normalized spacial score (nSPS) is 24.2. The number of sulfonamides is 1. The van der Waals surface area contributed by atoms with Gasteiger partial charge in [-0.25, -0.2) is 13.1 Å². The molecule has 2 aromatic heterocycles. The summed E-state index contributed by atoms with van der Waals surface area (Å²) in [6, 6.07) is 12.2. The van der Waals surface area contributed by atoms with Gasteiger partial charge in [-0.15, -0.1) is 11.3 Å². The first kappa shape index (κ1) is 19.3. The number of hydrogen-bond acceptors (Lipinski definition) is 5. The molecule has 1 unspecified atom stereocenters. The molecule has 1 aliphatic carbocycles. The summed E-state index contributed by atoms with van der Waals surface area (Å²) < 4.78 is 30.8. The van der Waals surface area contributed by atoms with Crippen LogP contribution in [0.25, 0.3) is 5.00 Å². The Morgan fingerprint density at radius 1 is 1.29 bits per heavy atom. The van der Waals surface area contributed by atoms with Crippen molar-refractivity contribution in [2.24, 2.45) is 5.92 Å². The first-order valence-electron chi connectivity index (χ1n) is 8.38. The van der Waals surface area contributed by atoms with E-state index in [0.29, 0.717) is 5.00 Å². The van der Waals surface area contributed by atoms with Crippen molar-refractivity contribution in [3.05, 3.63) is 64.9 Å². The van der Waals surface area contributed by atoms with Crippen LogP contribution in [0.5, 0.6) is 0 Å². The maximum absolute atomic E-state index is 13.0. The molecule has 0 aliphatic heterocycles. The number of nitrogens with zero attached hydrogens (tertiary/aromatic N) is 2. The van der Waals surface area contributed by atoms with Gasteiger partial charge in [0.1, 0.15) is 14.7 Å². The monoisotopic (exact) mass is 481 g/mol. The van der Waals surface area contributed by atoms with Crippen molar-refractivity contribution >= 4 is 43.3 Å². The minimum absolute atomic E-state index is 0.0423. The third kappa shape index (κ3) is 3.10. The van der Waals surface area contributed by atoms with E-state index in [9.17, 15) is 18.3 Å². The SMILES string of the molecule is CC1[C@H](c2ccccc2)[C@]1(NS(=O)(=O)c1ccc(-n2cc(Br)cn2)s1)C(=O)O. The van der Waals surface area contributed by atoms with Crippen LogP contribution in [0.2, 0.25) is 0 Å². The summed E-state index contributed by atoms with van der Waals surface area (Å²) in [4.78, 5) is 12.1. The minimum Gasteiger partial charge on any atom is -0.480 e. The molecule has 0 bridgehead atoms. The third-order valence-electron chi connectivity index (χ3n) is 5.02. The molecule has 0 saturated heterocycles. The van der Waals surface area contributed by atoms with Crippen LogP contribution in [0.4, 0.5) is 0 Å². The Balaban J connectivity index is 1.65. The van der Waals surface area contributed by atoms with Crippen molar-refractivity contribution in [3.8, 4) is 5.00 Å². The number of carboxylic acids is 1. The van der Waals surface area contributed by atoms with Gasteiger partial charge >= 0.3 is 5.97 Å². The lowest BCUT2D eigenvalue weighted by Gasteiger charge is -2.15. The van der Waals surface area contributed by atoms with E-state index in [4.69, 9.17) is 0 Å². The fourth-order valence-corrected chi connectivity index (χ4v) is 6.54. The largest absolute Gasteiger partial charge is 0.480 e.